The lowest BCUT2D eigenvalue weighted by molar-refractivity contribution is 0.909. The highest BCUT2D eigenvalue weighted by atomic mass is 32.2. The Labute approximate surface area is 108 Å². The molecule has 0 aromatic carbocycles. The van der Waals surface area contributed by atoms with E-state index < -0.39 is 0 Å². The van der Waals surface area contributed by atoms with Crippen molar-refractivity contribution < 1.29 is 0 Å². The summed E-state index contributed by atoms with van der Waals surface area (Å²) in [5, 5.41) is 6.81. The summed E-state index contributed by atoms with van der Waals surface area (Å²) in [6.07, 6.45) is 6.87. The molecule has 92 valence electrons. The molecule has 0 radical (unpaired) electrons. The highest BCUT2D eigenvalue weighted by Crippen LogP contribution is 2.42. The Morgan fingerprint density at radius 3 is 3.06 bits per heavy atom. The van der Waals surface area contributed by atoms with E-state index in [2.05, 4.69) is 20.2 Å². The molecule has 3 heterocycles. The van der Waals surface area contributed by atoms with Crippen molar-refractivity contribution in [1.29, 1.82) is 0 Å². The summed E-state index contributed by atoms with van der Waals surface area (Å²) in [7, 11) is 0. The molecule has 7 heteroatoms. The van der Waals surface area contributed by atoms with E-state index >= 15 is 0 Å². The van der Waals surface area contributed by atoms with E-state index in [1.165, 1.54) is 6.33 Å². The number of nitrogens with one attached hydrogen (secondary N) is 1. The van der Waals surface area contributed by atoms with Crippen LogP contribution in [0, 0.1) is 0 Å². The third-order valence-electron chi connectivity index (χ3n) is 2.71. The highest BCUT2D eigenvalue weighted by Gasteiger charge is 2.31. The third-order valence-corrected chi connectivity index (χ3v) is 3.71. The van der Waals surface area contributed by atoms with Crippen LogP contribution in [-0.2, 0) is 0 Å². The van der Waals surface area contributed by atoms with Gasteiger partial charge in [0.2, 0.25) is 0 Å². The number of allylic oxidation sites excluding steroid dienone is 1. The van der Waals surface area contributed by atoms with E-state index in [0.717, 1.165) is 22.0 Å². The molecule has 1 unspecified atom stereocenters. The molecule has 18 heavy (non-hydrogen) atoms. The van der Waals surface area contributed by atoms with E-state index in [4.69, 9.17) is 5.73 Å². The Morgan fingerprint density at radius 1 is 1.50 bits per heavy atom. The molecule has 3 N–H and O–H groups in total. The maximum absolute atomic E-state index is 6.15. The lowest BCUT2D eigenvalue weighted by Crippen LogP contribution is -2.35. The average Bonchev–Trinajstić information content (AvgIpc) is 2.97. The summed E-state index contributed by atoms with van der Waals surface area (Å²) in [6.45, 7) is 2.05. The minimum absolute atomic E-state index is 0.176. The van der Waals surface area contributed by atoms with Crippen molar-refractivity contribution in [2.24, 2.45) is 5.73 Å². The fourth-order valence-electron chi connectivity index (χ4n) is 1.98. The quantitative estimate of drug-likeness (QED) is 0.848. The number of hydrogen-bond acceptors (Lipinski definition) is 6. The smallest absolute Gasteiger partial charge is 0.138 e. The first-order chi connectivity index (χ1) is 8.77. The zero-order chi connectivity index (χ0) is 12.5. The van der Waals surface area contributed by atoms with Gasteiger partial charge in [0.15, 0.2) is 0 Å². The van der Waals surface area contributed by atoms with Gasteiger partial charge in [-0.1, -0.05) is 11.8 Å². The lowest BCUT2D eigenvalue weighted by atomic mass is 10.2. The molecule has 0 bridgehead atoms. The Kier molecular flexibility index (Phi) is 2.77. The van der Waals surface area contributed by atoms with Crippen LogP contribution in [0.2, 0.25) is 0 Å². The summed E-state index contributed by atoms with van der Waals surface area (Å²) < 4.78 is 0. The van der Waals surface area contributed by atoms with Gasteiger partial charge in [-0.3, -0.25) is 10.00 Å². The van der Waals surface area contributed by atoms with Gasteiger partial charge >= 0.3 is 0 Å². The summed E-state index contributed by atoms with van der Waals surface area (Å²) in [5.41, 5.74) is 8.03. The Balaban J connectivity index is 2.07. The molecule has 1 atom stereocenters. The summed E-state index contributed by atoms with van der Waals surface area (Å²) in [5.74, 6) is 0.790. The van der Waals surface area contributed by atoms with Crippen molar-refractivity contribution in [3.63, 3.8) is 0 Å². The minimum Gasteiger partial charge on any atom is -0.302 e. The average molecular weight is 260 g/mol. The molecular weight excluding hydrogens is 248 g/mol. The number of H-pyrrole nitrogens is 1. The first kappa shape index (κ1) is 11.2. The summed E-state index contributed by atoms with van der Waals surface area (Å²) in [4.78, 5) is 11.3. The van der Waals surface area contributed by atoms with Crippen LogP contribution in [0.3, 0.4) is 0 Å². The van der Waals surface area contributed by atoms with Crippen LogP contribution in [0.1, 0.15) is 12.5 Å². The normalized spacial score (nSPS) is 19.7. The standard InChI is InChI=1S/C11H12N6S/c1-7-10(8-4-15-16-5-8)17(11(12)18-7)9-2-3-13-6-14-9/h2-6,11H,12H2,1H3,(H,15,16). The van der Waals surface area contributed by atoms with Gasteiger partial charge < -0.3 is 5.73 Å². The Morgan fingerprint density at radius 2 is 2.39 bits per heavy atom. The first-order valence-electron chi connectivity index (χ1n) is 5.45. The summed E-state index contributed by atoms with van der Waals surface area (Å²) >= 11 is 1.61. The van der Waals surface area contributed by atoms with Gasteiger partial charge in [0.05, 0.1) is 11.9 Å². The molecule has 0 aliphatic carbocycles. The van der Waals surface area contributed by atoms with Crippen molar-refractivity contribution in [3.05, 3.63) is 41.5 Å². The minimum atomic E-state index is -0.176. The molecule has 0 spiro atoms. The number of thioether (sulfide) groups is 1. The van der Waals surface area contributed by atoms with Gasteiger partial charge in [0.1, 0.15) is 17.6 Å². The topological polar surface area (TPSA) is 83.7 Å². The van der Waals surface area contributed by atoms with Gasteiger partial charge in [-0.15, -0.1) is 0 Å². The second kappa shape index (κ2) is 4.43. The van der Waals surface area contributed by atoms with Crippen LogP contribution >= 0.6 is 11.8 Å². The van der Waals surface area contributed by atoms with Gasteiger partial charge in [-0.25, -0.2) is 9.97 Å². The second-order valence-electron chi connectivity index (χ2n) is 3.84. The van der Waals surface area contributed by atoms with E-state index in [9.17, 15) is 0 Å². The number of anilines is 1. The van der Waals surface area contributed by atoms with E-state index in [1.54, 1.807) is 24.2 Å². The van der Waals surface area contributed by atoms with Crippen LogP contribution in [0.4, 0.5) is 5.82 Å². The van der Waals surface area contributed by atoms with Crippen LogP contribution in [-0.4, -0.2) is 25.7 Å². The number of hydrogen-bond donors (Lipinski definition) is 2. The Hall–Kier alpha value is -1.86. The number of rotatable bonds is 2. The number of nitrogens with zero attached hydrogens (tertiary/aromatic N) is 4. The van der Waals surface area contributed by atoms with Gasteiger partial charge in [-0.2, -0.15) is 5.10 Å². The third kappa shape index (κ3) is 1.77. The molecule has 0 fully saturated rings. The van der Waals surface area contributed by atoms with Crippen molar-refractivity contribution in [2.45, 2.75) is 12.4 Å². The van der Waals surface area contributed by atoms with Crippen molar-refractivity contribution in [1.82, 2.24) is 20.2 Å². The van der Waals surface area contributed by atoms with Crippen molar-refractivity contribution in [2.75, 3.05) is 4.90 Å². The molecule has 2 aromatic rings. The highest BCUT2D eigenvalue weighted by molar-refractivity contribution is 8.04. The van der Waals surface area contributed by atoms with Crippen LogP contribution < -0.4 is 10.6 Å². The number of aromatic amines is 1. The molecule has 3 rings (SSSR count). The van der Waals surface area contributed by atoms with Crippen LogP contribution in [0.25, 0.3) is 5.70 Å². The predicted octanol–water partition coefficient (Wildman–Crippen LogP) is 1.38. The van der Waals surface area contributed by atoms with E-state index in [0.29, 0.717) is 0 Å². The molecule has 0 saturated carbocycles. The monoisotopic (exact) mass is 260 g/mol. The number of nitrogens with two attached hydrogens (primary N) is 1. The largest absolute Gasteiger partial charge is 0.302 e. The molecule has 0 amide bonds. The zero-order valence-electron chi connectivity index (χ0n) is 9.74. The number of aromatic nitrogens is 4. The Bertz CT molecular complexity index is 564. The van der Waals surface area contributed by atoms with Crippen LogP contribution in [0.5, 0.6) is 0 Å². The van der Waals surface area contributed by atoms with Crippen molar-refractivity contribution in [3.8, 4) is 0 Å². The molecule has 1 aliphatic rings. The molecule has 2 aromatic heterocycles. The van der Waals surface area contributed by atoms with Gasteiger partial charge in [-0.05, 0) is 13.0 Å². The SMILES string of the molecule is CC1=C(c2cn[nH]c2)N(c2ccncn2)C(N)S1. The van der Waals surface area contributed by atoms with Gasteiger partial charge in [0, 0.05) is 22.9 Å². The fraction of sp³-hybridized carbons (Fsp3) is 0.182. The van der Waals surface area contributed by atoms with Crippen LogP contribution in [0.15, 0.2) is 35.9 Å². The lowest BCUT2D eigenvalue weighted by Gasteiger charge is -2.24. The second-order valence-corrected chi connectivity index (χ2v) is 5.17. The zero-order valence-corrected chi connectivity index (χ0v) is 10.6. The first-order valence-corrected chi connectivity index (χ1v) is 6.33. The maximum atomic E-state index is 6.15. The predicted molar refractivity (Wildman–Crippen MR) is 71.3 cm³/mol. The molecule has 6 nitrogen and oxygen atoms in total. The fourth-order valence-corrected chi connectivity index (χ4v) is 2.99. The van der Waals surface area contributed by atoms with Crippen molar-refractivity contribution >= 4 is 23.3 Å². The van der Waals surface area contributed by atoms with E-state index in [-0.39, 0.29) is 5.50 Å². The van der Waals surface area contributed by atoms with E-state index in [1.807, 2.05) is 24.1 Å². The molecular formula is C11H12N6S. The molecule has 0 saturated heterocycles. The van der Waals surface area contributed by atoms with Gasteiger partial charge in [0.25, 0.3) is 0 Å². The maximum Gasteiger partial charge on any atom is 0.138 e. The summed E-state index contributed by atoms with van der Waals surface area (Å²) in [6, 6.07) is 1.85. The molecule has 1 aliphatic heterocycles.